The van der Waals surface area contributed by atoms with Gasteiger partial charge in [-0.25, -0.2) is 12.8 Å². The van der Waals surface area contributed by atoms with Gasteiger partial charge in [0, 0.05) is 18.1 Å². The standard InChI is InChI=1S/C28H31ClFN3O5S/c1-4-31-28(35)20(3)32(18-21-7-6-8-22(29)17-21)27(34)19-33(24-11-13-25(14-12-24)38-5-2)39(36,37)26-15-9-23(30)10-16-26/h6-17,20H,4-5,18-19H2,1-3H3,(H,31,35)/t20-/m0/s1. The average molecular weight is 576 g/mol. The third-order valence-corrected chi connectivity index (χ3v) is 7.90. The molecule has 3 aromatic rings. The lowest BCUT2D eigenvalue weighted by Crippen LogP contribution is -2.51. The lowest BCUT2D eigenvalue weighted by atomic mass is 10.1. The molecule has 0 radical (unpaired) electrons. The fraction of sp³-hybridized carbons (Fsp3) is 0.286. The van der Waals surface area contributed by atoms with Crippen LogP contribution in [0.3, 0.4) is 0 Å². The molecule has 8 nitrogen and oxygen atoms in total. The van der Waals surface area contributed by atoms with Crippen molar-refractivity contribution in [3.8, 4) is 5.75 Å². The third-order valence-electron chi connectivity index (χ3n) is 5.88. The summed E-state index contributed by atoms with van der Waals surface area (Å²) in [5.74, 6) is -1.07. The van der Waals surface area contributed by atoms with Crippen molar-refractivity contribution in [3.05, 3.63) is 89.2 Å². The molecular weight excluding hydrogens is 545 g/mol. The number of rotatable bonds is 12. The molecule has 0 spiro atoms. The number of amides is 2. The number of halogens is 2. The van der Waals surface area contributed by atoms with Crippen LogP contribution in [0.15, 0.2) is 77.7 Å². The summed E-state index contributed by atoms with van der Waals surface area (Å²) in [7, 11) is -4.30. The maximum absolute atomic E-state index is 13.8. The SMILES string of the molecule is CCNC(=O)[C@H](C)N(Cc1cccc(Cl)c1)C(=O)CN(c1ccc(OCC)cc1)S(=O)(=O)c1ccc(F)cc1. The van der Waals surface area contributed by atoms with Crippen LogP contribution in [0.2, 0.25) is 5.02 Å². The van der Waals surface area contributed by atoms with Crippen molar-refractivity contribution >= 4 is 39.1 Å². The molecule has 3 rings (SSSR count). The van der Waals surface area contributed by atoms with Crippen LogP contribution >= 0.6 is 11.6 Å². The second kappa shape index (κ2) is 13.4. The zero-order valence-electron chi connectivity index (χ0n) is 21.9. The number of nitrogens with zero attached hydrogens (tertiary/aromatic N) is 2. The lowest BCUT2D eigenvalue weighted by Gasteiger charge is -2.32. The number of benzene rings is 3. The van der Waals surface area contributed by atoms with E-state index in [4.69, 9.17) is 16.3 Å². The maximum Gasteiger partial charge on any atom is 0.264 e. The predicted molar refractivity (Wildman–Crippen MR) is 149 cm³/mol. The fourth-order valence-corrected chi connectivity index (χ4v) is 5.50. The molecule has 2 amide bonds. The Morgan fingerprint density at radius 1 is 1.03 bits per heavy atom. The van der Waals surface area contributed by atoms with Gasteiger partial charge in [0.15, 0.2) is 0 Å². The van der Waals surface area contributed by atoms with Gasteiger partial charge in [0.05, 0.1) is 17.2 Å². The van der Waals surface area contributed by atoms with Gasteiger partial charge in [0.2, 0.25) is 11.8 Å². The van der Waals surface area contributed by atoms with Gasteiger partial charge in [-0.15, -0.1) is 0 Å². The van der Waals surface area contributed by atoms with Gasteiger partial charge in [-0.3, -0.25) is 13.9 Å². The quantitative estimate of drug-likeness (QED) is 0.340. The molecule has 1 atom stereocenters. The van der Waals surface area contributed by atoms with E-state index in [0.29, 0.717) is 29.5 Å². The van der Waals surface area contributed by atoms with Gasteiger partial charge in [-0.05, 0) is 87.0 Å². The summed E-state index contributed by atoms with van der Waals surface area (Å²) in [4.78, 5) is 27.6. The molecule has 208 valence electrons. The van der Waals surface area contributed by atoms with Crippen LogP contribution in [0.5, 0.6) is 5.75 Å². The number of nitrogens with one attached hydrogen (secondary N) is 1. The highest BCUT2D eigenvalue weighted by atomic mass is 35.5. The Balaban J connectivity index is 2.03. The van der Waals surface area contributed by atoms with Crippen LogP contribution in [0.1, 0.15) is 26.3 Å². The number of carbonyl (C=O) groups excluding carboxylic acids is 2. The van der Waals surface area contributed by atoms with Crippen molar-refractivity contribution in [1.29, 1.82) is 0 Å². The van der Waals surface area contributed by atoms with E-state index in [9.17, 15) is 22.4 Å². The zero-order chi connectivity index (χ0) is 28.6. The largest absolute Gasteiger partial charge is 0.494 e. The molecule has 0 aliphatic rings. The average Bonchev–Trinajstić information content (AvgIpc) is 2.91. The summed E-state index contributed by atoms with van der Waals surface area (Å²) in [5.41, 5.74) is 0.866. The molecule has 0 saturated heterocycles. The van der Waals surface area contributed by atoms with E-state index in [1.54, 1.807) is 50.2 Å². The number of hydrogen-bond donors (Lipinski definition) is 1. The smallest absolute Gasteiger partial charge is 0.264 e. The van der Waals surface area contributed by atoms with Crippen LogP contribution in [0.4, 0.5) is 10.1 Å². The molecule has 3 aromatic carbocycles. The van der Waals surface area contributed by atoms with E-state index in [1.165, 1.54) is 17.0 Å². The molecule has 0 bridgehead atoms. The zero-order valence-corrected chi connectivity index (χ0v) is 23.5. The molecule has 39 heavy (non-hydrogen) atoms. The fourth-order valence-electron chi connectivity index (χ4n) is 3.87. The van der Waals surface area contributed by atoms with Crippen molar-refractivity contribution in [2.75, 3.05) is 24.0 Å². The molecule has 0 unspecified atom stereocenters. The number of likely N-dealkylation sites (N-methyl/N-ethyl adjacent to an activating group) is 1. The summed E-state index contributed by atoms with van der Waals surface area (Å²) < 4.78 is 47.4. The summed E-state index contributed by atoms with van der Waals surface area (Å²) >= 11 is 6.13. The molecule has 1 N–H and O–H groups in total. The molecular formula is C28H31ClFN3O5S. The number of anilines is 1. The summed E-state index contributed by atoms with van der Waals surface area (Å²) in [6.07, 6.45) is 0. The Kier molecular flexibility index (Phi) is 10.3. The van der Waals surface area contributed by atoms with E-state index in [1.807, 2.05) is 6.92 Å². The van der Waals surface area contributed by atoms with E-state index in [-0.39, 0.29) is 23.0 Å². The van der Waals surface area contributed by atoms with Crippen LogP contribution < -0.4 is 14.4 Å². The molecule has 11 heteroatoms. The Bertz CT molecular complexity index is 1390. The van der Waals surface area contributed by atoms with Crippen molar-refractivity contribution < 1.29 is 27.1 Å². The first kappa shape index (κ1) is 29.9. The highest BCUT2D eigenvalue weighted by Gasteiger charge is 2.32. The minimum absolute atomic E-state index is 0.0193. The highest BCUT2D eigenvalue weighted by molar-refractivity contribution is 7.92. The summed E-state index contributed by atoms with van der Waals surface area (Å²) in [6.45, 7) is 5.34. The molecule has 0 fully saturated rings. The predicted octanol–water partition coefficient (Wildman–Crippen LogP) is 4.63. The Labute approximate surface area is 233 Å². The van der Waals surface area contributed by atoms with E-state index in [2.05, 4.69) is 5.32 Å². The van der Waals surface area contributed by atoms with Gasteiger partial charge in [-0.2, -0.15) is 0 Å². The molecule has 0 aliphatic heterocycles. The second-order valence-corrected chi connectivity index (χ2v) is 10.9. The Morgan fingerprint density at radius 2 is 1.69 bits per heavy atom. The summed E-state index contributed by atoms with van der Waals surface area (Å²) in [6, 6.07) is 16.5. The number of ether oxygens (including phenoxy) is 1. The molecule has 0 aromatic heterocycles. The first-order chi connectivity index (χ1) is 18.6. The normalized spacial score (nSPS) is 11.9. The van der Waals surface area contributed by atoms with Gasteiger partial charge in [-0.1, -0.05) is 23.7 Å². The first-order valence-electron chi connectivity index (χ1n) is 12.4. The topological polar surface area (TPSA) is 96.0 Å². The molecule has 0 heterocycles. The Morgan fingerprint density at radius 3 is 2.28 bits per heavy atom. The van der Waals surface area contributed by atoms with E-state index >= 15 is 0 Å². The third kappa shape index (κ3) is 7.70. The number of sulfonamides is 1. The second-order valence-electron chi connectivity index (χ2n) is 8.61. The van der Waals surface area contributed by atoms with Crippen LogP contribution in [0.25, 0.3) is 0 Å². The minimum atomic E-state index is -4.30. The van der Waals surface area contributed by atoms with Gasteiger partial charge in [0.1, 0.15) is 24.2 Å². The number of carbonyl (C=O) groups is 2. The lowest BCUT2D eigenvalue weighted by molar-refractivity contribution is -0.139. The number of hydrogen-bond acceptors (Lipinski definition) is 5. The van der Waals surface area contributed by atoms with E-state index in [0.717, 1.165) is 28.6 Å². The van der Waals surface area contributed by atoms with Gasteiger partial charge in [0.25, 0.3) is 10.0 Å². The first-order valence-corrected chi connectivity index (χ1v) is 14.2. The summed E-state index contributed by atoms with van der Waals surface area (Å²) in [5, 5.41) is 3.16. The van der Waals surface area contributed by atoms with E-state index < -0.39 is 34.3 Å². The molecule has 0 saturated carbocycles. The van der Waals surface area contributed by atoms with Crippen LogP contribution in [-0.4, -0.2) is 50.9 Å². The van der Waals surface area contributed by atoms with Crippen molar-refractivity contribution in [2.45, 2.75) is 38.3 Å². The van der Waals surface area contributed by atoms with Crippen LogP contribution in [-0.2, 0) is 26.2 Å². The van der Waals surface area contributed by atoms with Crippen molar-refractivity contribution in [2.24, 2.45) is 0 Å². The minimum Gasteiger partial charge on any atom is -0.494 e. The highest BCUT2D eigenvalue weighted by Crippen LogP contribution is 2.27. The van der Waals surface area contributed by atoms with Gasteiger partial charge >= 0.3 is 0 Å². The van der Waals surface area contributed by atoms with Crippen LogP contribution in [0, 0.1) is 5.82 Å². The van der Waals surface area contributed by atoms with Crippen molar-refractivity contribution in [1.82, 2.24) is 10.2 Å². The maximum atomic E-state index is 13.8. The Hall–Kier alpha value is -3.63. The van der Waals surface area contributed by atoms with Crippen molar-refractivity contribution in [3.63, 3.8) is 0 Å². The monoisotopic (exact) mass is 575 g/mol. The van der Waals surface area contributed by atoms with Gasteiger partial charge < -0.3 is 15.0 Å². The molecule has 0 aliphatic carbocycles.